The molecule has 18 heavy (non-hydrogen) atoms. The molecule has 1 aliphatic rings. The quantitative estimate of drug-likeness (QED) is 0.675. The van der Waals surface area contributed by atoms with Crippen LogP contribution in [-0.4, -0.2) is 29.7 Å². The number of aliphatic hydroxyl groups excluding tert-OH is 1. The molecule has 4 nitrogen and oxygen atoms in total. The Morgan fingerprint density at radius 1 is 1.44 bits per heavy atom. The van der Waals surface area contributed by atoms with Gasteiger partial charge in [-0.15, -0.1) is 0 Å². The molecule has 0 heterocycles. The van der Waals surface area contributed by atoms with Gasteiger partial charge in [0.15, 0.2) is 0 Å². The van der Waals surface area contributed by atoms with Gasteiger partial charge in [-0.1, -0.05) is 39.0 Å². The van der Waals surface area contributed by atoms with Crippen molar-refractivity contribution < 1.29 is 9.90 Å². The molecule has 4 heteroatoms. The summed E-state index contributed by atoms with van der Waals surface area (Å²) in [6.07, 6.45) is 7.32. The molecule has 0 radical (unpaired) electrons. The second kappa shape index (κ2) is 7.10. The Balaban J connectivity index is 2.66. The number of nitrogens with two attached hydrogens (primary N) is 1. The zero-order valence-electron chi connectivity index (χ0n) is 11.7. The van der Waals surface area contributed by atoms with E-state index in [1.165, 1.54) is 19.3 Å². The maximum atomic E-state index is 12.0. The highest BCUT2D eigenvalue weighted by Crippen LogP contribution is 2.32. The first-order chi connectivity index (χ1) is 8.51. The minimum absolute atomic E-state index is 0.138. The molecule has 106 valence electrons. The van der Waals surface area contributed by atoms with Crippen LogP contribution in [0.1, 0.15) is 58.3 Å². The number of carbonyl (C=O) groups excluding carboxylic acids is 1. The first-order valence-electron chi connectivity index (χ1n) is 7.21. The van der Waals surface area contributed by atoms with Crippen molar-refractivity contribution in [3.05, 3.63) is 0 Å². The Kier molecular flexibility index (Phi) is 6.09. The van der Waals surface area contributed by atoms with Gasteiger partial charge in [0.05, 0.1) is 11.6 Å². The van der Waals surface area contributed by atoms with Crippen LogP contribution in [0, 0.1) is 5.92 Å². The molecule has 0 aromatic heterocycles. The Labute approximate surface area is 110 Å². The molecule has 1 amide bonds. The van der Waals surface area contributed by atoms with E-state index in [1.54, 1.807) is 7.05 Å². The summed E-state index contributed by atoms with van der Waals surface area (Å²) in [6.45, 7) is 1.91. The van der Waals surface area contributed by atoms with Crippen LogP contribution in [0.3, 0.4) is 0 Å². The van der Waals surface area contributed by atoms with E-state index in [4.69, 9.17) is 5.73 Å². The zero-order valence-corrected chi connectivity index (χ0v) is 11.7. The second-order valence-corrected chi connectivity index (χ2v) is 5.71. The average molecular weight is 256 g/mol. The van der Waals surface area contributed by atoms with Crippen molar-refractivity contribution in [3.63, 3.8) is 0 Å². The van der Waals surface area contributed by atoms with Gasteiger partial charge >= 0.3 is 0 Å². The maximum Gasteiger partial charge on any atom is 0.239 e. The number of amides is 1. The maximum absolute atomic E-state index is 12.0. The van der Waals surface area contributed by atoms with Gasteiger partial charge in [-0.25, -0.2) is 0 Å². The van der Waals surface area contributed by atoms with Crippen molar-refractivity contribution in [2.24, 2.45) is 11.7 Å². The fraction of sp³-hybridized carbons (Fsp3) is 0.929. The molecule has 0 spiro atoms. The van der Waals surface area contributed by atoms with Crippen LogP contribution in [0.15, 0.2) is 0 Å². The Morgan fingerprint density at radius 2 is 2.06 bits per heavy atom. The summed E-state index contributed by atoms with van der Waals surface area (Å²) < 4.78 is 0. The van der Waals surface area contributed by atoms with Gasteiger partial charge in [-0.3, -0.25) is 4.79 Å². The number of nitrogens with one attached hydrogen (secondary N) is 1. The van der Waals surface area contributed by atoms with Crippen LogP contribution in [0.4, 0.5) is 0 Å². The lowest BCUT2D eigenvalue weighted by atomic mass is 9.77. The Bertz CT molecular complexity index is 265. The lowest BCUT2D eigenvalue weighted by Crippen LogP contribution is -2.56. The number of rotatable bonds is 6. The van der Waals surface area contributed by atoms with E-state index >= 15 is 0 Å². The predicted octanol–water partition coefficient (Wildman–Crippen LogP) is 1.56. The second-order valence-electron chi connectivity index (χ2n) is 5.71. The molecule has 0 aromatic carbocycles. The van der Waals surface area contributed by atoms with E-state index in [2.05, 4.69) is 5.32 Å². The predicted molar refractivity (Wildman–Crippen MR) is 73.1 cm³/mol. The Morgan fingerprint density at radius 3 is 2.56 bits per heavy atom. The van der Waals surface area contributed by atoms with Crippen LogP contribution in [0.2, 0.25) is 0 Å². The highest BCUT2D eigenvalue weighted by molar-refractivity contribution is 5.85. The molecule has 1 fully saturated rings. The van der Waals surface area contributed by atoms with Crippen LogP contribution in [0.5, 0.6) is 0 Å². The normalized spacial score (nSPS) is 22.2. The summed E-state index contributed by atoms with van der Waals surface area (Å²) in [5.41, 5.74) is 5.38. The van der Waals surface area contributed by atoms with E-state index < -0.39 is 11.6 Å². The molecular formula is C14H28N2O2. The van der Waals surface area contributed by atoms with Crippen molar-refractivity contribution in [2.45, 2.75) is 69.9 Å². The number of carbonyl (C=O) groups is 1. The van der Waals surface area contributed by atoms with Gasteiger partial charge in [0.2, 0.25) is 5.91 Å². The fourth-order valence-electron chi connectivity index (χ4n) is 2.99. The third kappa shape index (κ3) is 4.25. The van der Waals surface area contributed by atoms with E-state index in [9.17, 15) is 9.90 Å². The third-order valence-corrected chi connectivity index (χ3v) is 4.13. The number of hydrogen-bond acceptors (Lipinski definition) is 3. The van der Waals surface area contributed by atoms with Gasteiger partial charge < -0.3 is 16.2 Å². The molecule has 0 aromatic rings. The van der Waals surface area contributed by atoms with E-state index in [0.29, 0.717) is 25.2 Å². The smallest absolute Gasteiger partial charge is 0.239 e. The molecule has 0 aliphatic heterocycles. The van der Waals surface area contributed by atoms with Crippen LogP contribution >= 0.6 is 0 Å². The fourth-order valence-corrected chi connectivity index (χ4v) is 2.99. The van der Waals surface area contributed by atoms with E-state index in [1.807, 2.05) is 6.92 Å². The molecule has 2 atom stereocenters. The highest BCUT2D eigenvalue weighted by Gasteiger charge is 2.37. The number of hydrogen-bond donors (Lipinski definition) is 3. The highest BCUT2D eigenvalue weighted by atomic mass is 16.3. The molecule has 0 saturated heterocycles. The van der Waals surface area contributed by atoms with Crippen molar-refractivity contribution in [1.29, 1.82) is 0 Å². The van der Waals surface area contributed by atoms with Crippen LogP contribution in [-0.2, 0) is 4.79 Å². The minimum Gasteiger partial charge on any atom is -0.393 e. The lowest BCUT2D eigenvalue weighted by Gasteiger charge is -2.34. The van der Waals surface area contributed by atoms with Gasteiger partial charge in [-0.2, -0.15) is 0 Å². The first-order valence-corrected chi connectivity index (χ1v) is 7.21. The average Bonchev–Trinajstić information content (AvgIpc) is 2.38. The SMILES string of the molecule is CCC(O)CC(N)(CC1CCCCC1)C(=O)NC. The third-order valence-electron chi connectivity index (χ3n) is 4.13. The monoisotopic (exact) mass is 256 g/mol. The van der Waals surface area contributed by atoms with Gasteiger partial charge in [0, 0.05) is 13.5 Å². The summed E-state index contributed by atoms with van der Waals surface area (Å²) in [6, 6.07) is 0. The topological polar surface area (TPSA) is 75.3 Å². The first kappa shape index (κ1) is 15.4. The number of likely N-dealkylation sites (N-methyl/N-ethyl adjacent to an activating group) is 1. The molecule has 2 unspecified atom stereocenters. The summed E-state index contributed by atoms with van der Waals surface area (Å²) in [5.74, 6) is 0.394. The van der Waals surface area contributed by atoms with Crippen molar-refractivity contribution >= 4 is 5.91 Å². The lowest BCUT2D eigenvalue weighted by molar-refractivity contribution is -0.128. The summed E-state index contributed by atoms with van der Waals surface area (Å²) in [5, 5.41) is 12.5. The van der Waals surface area contributed by atoms with Crippen LogP contribution < -0.4 is 11.1 Å². The zero-order chi connectivity index (χ0) is 13.6. The number of aliphatic hydroxyl groups is 1. The molecule has 1 rings (SSSR count). The summed E-state index contributed by atoms with van der Waals surface area (Å²) in [4.78, 5) is 12.0. The van der Waals surface area contributed by atoms with Gasteiger partial charge in [0.1, 0.15) is 0 Å². The molecule has 0 bridgehead atoms. The molecule has 4 N–H and O–H groups in total. The standard InChI is InChI=1S/C14H28N2O2/c1-3-12(17)10-14(15,13(18)16-2)9-11-7-5-4-6-8-11/h11-12,17H,3-10,15H2,1-2H3,(H,16,18). The molecule has 1 aliphatic carbocycles. The van der Waals surface area contributed by atoms with Crippen LogP contribution in [0.25, 0.3) is 0 Å². The minimum atomic E-state index is -0.911. The molecular weight excluding hydrogens is 228 g/mol. The molecule has 1 saturated carbocycles. The summed E-state index contributed by atoms with van der Waals surface area (Å²) >= 11 is 0. The summed E-state index contributed by atoms with van der Waals surface area (Å²) in [7, 11) is 1.61. The van der Waals surface area contributed by atoms with Crippen molar-refractivity contribution in [2.75, 3.05) is 7.05 Å². The van der Waals surface area contributed by atoms with Crippen molar-refractivity contribution in [3.8, 4) is 0 Å². The Hall–Kier alpha value is -0.610. The van der Waals surface area contributed by atoms with Crippen molar-refractivity contribution in [1.82, 2.24) is 5.32 Å². The van der Waals surface area contributed by atoms with E-state index in [-0.39, 0.29) is 5.91 Å². The van der Waals surface area contributed by atoms with Gasteiger partial charge in [-0.05, 0) is 18.8 Å². The largest absolute Gasteiger partial charge is 0.393 e. The van der Waals surface area contributed by atoms with Gasteiger partial charge in [0.25, 0.3) is 0 Å². The van der Waals surface area contributed by atoms with E-state index in [0.717, 1.165) is 12.8 Å².